The summed E-state index contributed by atoms with van der Waals surface area (Å²) in [6.07, 6.45) is 0. The molecule has 3 nitrogen and oxygen atoms in total. The van der Waals surface area contributed by atoms with Crippen molar-refractivity contribution in [1.82, 2.24) is 10.2 Å². The third-order valence-electron chi connectivity index (χ3n) is 3.15. The summed E-state index contributed by atoms with van der Waals surface area (Å²) >= 11 is 5.43. The number of ether oxygens (including phenoxy) is 1. The van der Waals surface area contributed by atoms with Crippen LogP contribution in [0.2, 0.25) is 0 Å². The highest BCUT2D eigenvalue weighted by Gasteiger charge is 2.23. The predicted octanol–water partition coefficient (Wildman–Crippen LogP) is 2.71. The van der Waals surface area contributed by atoms with E-state index in [9.17, 15) is 0 Å². The molecule has 18 heavy (non-hydrogen) atoms. The first-order valence-electron chi connectivity index (χ1n) is 6.44. The summed E-state index contributed by atoms with van der Waals surface area (Å²) in [5, 5.41) is 5.65. The highest BCUT2D eigenvalue weighted by Crippen LogP contribution is 2.25. The van der Waals surface area contributed by atoms with Crippen LogP contribution in [-0.2, 0) is 11.3 Å². The van der Waals surface area contributed by atoms with Gasteiger partial charge >= 0.3 is 0 Å². The Morgan fingerprint density at radius 2 is 2.44 bits per heavy atom. The molecule has 1 unspecified atom stereocenters. The van der Waals surface area contributed by atoms with Crippen molar-refractivity contribution in [3.05, 3.63) is 20.8 Å². The molecule has 2 heterocycles. The minimum absolute atomic E-state index is 0.482. The lowest BCUT2D eigenvalue weighted by atomic mass is 10.2. The van der Waals surface area contributed by atoms with Gasteiger partial charge in [-0.2, -0.15) is 0 Å². The molecule has 0 radical (unpaired) electrons. The second-order valence-electron chi connectivity index (χ2n) is 4.95. The Morgan fingerprint density at radius 1 is 1.61 bits per heavy atom. The molecule has 0 aromatic carbocycles. The molecule has 1 N–H and O–H groups in total. The SMILES string of the molecule is CC(C)NCC1COCCN1Cc1sccc1Br. The summed E-state index contributed by atoms with van der Waals surface area (Å²) < 4.78 is 6.84. The molecule has 2 rings (SSSR count). The van der Waals surface area contributed by atoms with E-state index in [2.05, 4.69) is 51.4 Å². The summed E-state index contributed by atoms with van der Waals surface area (Å²) in [7, 11) is 0. The quantitative estimate of drug-likeness (QED) is 0.897. The Balaban J connectivity index is 1.93. The Kier molecular flexibility index (Phi) is 5.63. The molecule has 102 valence electrons. The van der Waals surface area contributed by atoms with E-state index in [0.717, 1.165) is 32.8 Å². The van der Waals surface area contributed by atoms with Crippen molar-refractivity contribution >= 4 is 27.3 Å². The van der Waals surface area contributed by atoms with Crippen LogP contribution in [0.1, 0.15) is 18.7 Å². The maximum absolute atomic E-state index is 5.60. The molecule has 0 saturated carbocycles. The average molecular weight is 333 g/mol. The van der Waals surface area contributed by atoms with Gasteiger partial charge in [-0.15, -0.1) is 11.3 Å². The zero-order valence-electron chi connectivity index (χ0n) is 11.0. The van der Waals surface area contributed by atoms with Gasteiger partial charge in [0.1, 0.15) is 0 Å². The predicted molar refractivity (Wildman–Crippen MR) is 80.2 cm³/mol. The maximum Gasteiger partial charge on any atom is 0.0635 e. The Hall–Kier alpha value is 0.0600. The molecule has 0 bridgehead atoms. The maximum atomic E-state index is 5.60. The third-order valence-corrected chi connectivity index (χ3v) is 5.06. The third kappa shape index (κ3) is 4.03. The van der Waals surface area contributed by atoms with E-state index in [1.807, 2.05) is 11.3 Å². The summed E-state index contributed by atoms with van der Waals surface area (Å²) in [4.78, 5) is 3.93. The molecule has 1 aromatic heterocycles. The van der Waals surface area contributed by atoms with E-state index < -0.39 is 0 Å². The number of hydrogen-bond acceptors (Lipinski definition) is 4. The van der Waals surface area contributed by atoms with E-state index in [4.69, 9.17) is 4.74 Å². The van der Waals surface area contributed by atoms with Gasteiger partial charge in [-0.1, -0.05) is 13.8 Å². The van der Waals surface area contributed by atoms with Gasteiger partial charge in [-0.25, -0.2) is 0 Å². The van der Waals surface area contributed by atoms with E-state index in [1.54, 1.807) is 0 Å². The second-order valence-corrected chi connectivity index (χ2v) is 6.81. The topological polar surface area (TPSA) is 24.5 Å². The van der Waals surface area contributed by atoms with Gasteiger partial charge in [0.2, 0.25) is 0 Å². The van der Waals surface area contributed by atoms with Crippen molar-refractivity contribution in [1.29, 1.82) is 0 Å². The summed E-state index contributed by atoms with van der Waals surface area (Å²) in [6.45, 7) is 9.10. The van der Waals surface area contributed by atoms with Crippen LogP contribution in [0.25, 0.3) is 0 Å². The molecule has 0 spiro atoms. The number of morpholine rings is 1. The summed E-state index contributed by atoms with van der Waals surface area (Å²) in [5.41, 5.74) is 0. The fourth-order valence-electron chi connectivity index (χ4n) is 2.08. The van der Waals surface area contributed by atoms with E-state index in [-0.39, 0.29) is 0 Å². The first-order chi connectivity index (χ1) is 8.66. The first-order valence-corrected chi connectivity index (χ1v) is 8.11. The lowest BCUT2D eigenvalue weighted by molar-refractivity contribution is -0.0111. The molecule has 1 atom stereocenters. The molecule has 0 aliphatic carbocycles. The van der Waals surface area contributed by atoms with Gasteiger partial charge in [0, 0.05) is 41.1 Å². The van der Waals surface area contributed by atoms with Crippen molar-refractivity contribution < 1.29 is 4.74 Å². The van der Waals surface area contributed by atoms with Crippen LogP contribution in [0.3, 0.4) is 0 Å². The van der Waals surface area contributed by atoms with Gasteiger partial charge in [0.05, 0.1) is 13.2 Å². The molecule has 1 saturated heterocycles. The monoisotopic (exact) mass is 332 g/mol. The fourth-order valence-corrected chi connectivity index (χ4v) is 3.58. The lowest BCUT2D eigenvalue weighted by Gasteiger charge is -2.36. The van der Waals surface area contributed by atoms with E-state index in [1.165, 1.54) is 9.35 Å². The van der Waals surface area contributed by atoms with Crippen molar-refractivity contribution in [3.8, 4) is 0 Å². The smallest absolute Gasteiger partial charge is 0.0635 e. The van der Waals surface area contributed by atoms with Crippen LogP contribution in [0.5, 0.6) is 0 Å². The second kappa shape index (κ2) is 7.01. The van der Waals surface area contributed by atoms with Crippen LogP contribution in [0.4, 0.5) is 0 Å². The molecule has 5 heteroatoms. The standard InChI is InChI=1S/C13H21BrN2OS/c1-10(2)15-7-11-9-17-5-4-16(11)8-13-12(14)3-6-18-13/h3,6,10-11,15H,4-5,7-9H2,1-2H3. The normalized spacial score (nSPS) is 21.7. The Morgan fingerprint density at radius 3 is 3.11 bits per heavy atom. The van der Waals surface area contributed by atoms with Gasteiger partial charge in [0.15, 0.2) is 0 Å². The lowest BCUT2D eigenvalue weighted by Crippen LogP contribution is -2.50. The van der Waals surface area contributed by atoms with Gasteiger partial charge < -0.3 is 10.1 Å². The molecular weight excluding hydrogens is 312 g/mol. The fraction of sp³-hybridized carbons (Fsp3) is 0.692. The number of thiophene rings is 1. The zero-order chi connectivity index (χ0) is 13.0. The Labute approximate surface area is 122 Å². The van der Waals surface area contributed by atoms with E-state index in [0.29, 0.717) is 12.1 Å². The van der Waals surface area contributed by atoms with Crippen LogP contribution in [-0.4, -0.2) is 43.3 Å². The number of hydrogen-bond donors (Lipinski definition) is 1. The van der Waals surface area contributed by atoms with Crippen LogP contribution >= 0.6 is 27.3 Å². The van der Waals surface area contributed by atoms with Crippen molar-refractivity contribution in [2.75, 3.05) is 26.3 Å². The van der Waals surface area contributed by atoms with Crippen LogP contribution < -0.4 is 5.32 Å². The van der Waals surface area contributed by atoms with Gasteiger partial charge in [0.25, 0.3) is 0 Å². The minimum Gasteiger partial charge on any atom is -0.378 e. The largest absolute Gasteiger partial charge is 0.378 e. The van der Waals surface area contributed by atoms with Gasteiger partial charge in [-0.05, 0) is 27.4 Å². The molecule has 0 amide bonds. The number of rotatable bonds is 5. The molecule has 1 fully saturated rings. The van der Waals surface area contributed by atoms with Crippen molar-refractivity contribution in [2.24, 2.45) is 0 Å². The van der Waals surface area contributed by atoms with E-state index >= 15 is 0 Å². The average Bonchev–Trinajstić information content (AvgIpc) is 2.74. The van der Waals surface area contributed by atoms with Crippen molar-refractivity contribution in [3.63, 3.8) is 0 Å². The number of nitrogens with zero attached hydrogens (tertiary/aromatic N) is 1. The molecule has 1 aromatic rings. The summed E-state index contributed by atoms with van der Waals surface area (Å²) in [6, 6.07) is 3.14. The highest BCUT2D eigenvalue weighted by atomic mass is 79.9. The van der Waals surface area contributed by atoms with Gasteiger partial charge in [-0.3, -0.25) is 4.90 Å². The number of halogens is 1. The van der Waals surface area contributed by atoms with Crippen molar-refractivity contribution in [2.45, 2.75) is 32.5 Å². The highest BCUT2D eigenvalue weighted by molar-refractivity contribution is 9.10. The first kappa shape index (κ1) is 14.5. The minimum atomic E-state index is 0.482. The Bertz CT molecular complexity index is 370. The molecular formula is C13H21BrN2OS. The summed E-state index contributed by atoms with van der Waals surface area (Å²) in [5.74, 6) is 0. The van der Waals surface area contributed by atoms with Crippen LogP contribution in [0.15, 0.2) is 15.9 Å². The molecule has 1 aliphatic rings. The van der Waals surface area contributed by atoms with Crippen LogP contribution in [0, 0.1) is 0 Å². The molecule has 1 aliphatic heterocycles. The number of nitrogens with one attached hydrogen (secondary N) is 1. The zero-order valence-corrected chi connectivity index (χ0v) is 13.4.